The van der Waals surface area contributed by atoms with E-state index in [0.29, 0.717) is 13.0 Å². The lowest BCUT2D eigenvalue weighted by molar-refractivity contribution is -0.122. The van der Waals surface area contributed by atoms with Gasteiger partial charge in [0.15, 0.2) is 0 Å². The Hall–Kier alpha value is -0.480. The first-order valence-electron chi connectivity index (χ1n) is 4.62. The molecule has 0 radical (unpaired) electrons. The highest BCUT2D eigenvalue weighted by molar-refractivity contribution is 7.99. The van der Waals surface area contributed by atoms with E-state index in [9.17, 15) is 4.79 Å². The van der Waals surface area contributed by atoms with Gasteiger partial charge < -0.3 is 11.1 Å². The van der Waals surface area contributed by atoms with Gasteiger partial charge in [0.1, 0.15) is 0 Å². The fourth-order valence-electron chi connectivity index (χ4n) is 0.790. The van der Waals surface area contributed by atoms with Crippen LogP contribution >= 0.6 is 11.8 Å². The molecule has 0 aliphatic carbocycles. The number of hydrogen-bond donors (Lipinski definition) is 2. The van der Waals surface area contributed by atoms with Crippen LogP contribution in [0.2, 0.25) is 0 Å². The molecule has 82 valence electrons. The van der Waals surface area contributed by atoms with Crippen LogP contribution in [0.3, 0.4) is 0 Å². The molecule has 4 heteroatoms. The van der Waals surface area contributed by atoms with Crippen molar-refractivity contribution in [3.05, 3.63) is 12.7 Å². The van der Waals surface area contributed by atoms with Crippen molar-refractivity contribution in [2.75, 3.05) is 12.8 Å². The third kappa shape index (κ3) is 5.29. The van der Waals surface area contributed by atoms with Crippen LogP contribution < -0.4 is 11.1 Å². The Labute approximate surface area is 90.5 Å². The van der Waals surface area contributed by atoms with Gasteiger partial charge in [0.25, 0.3) is 0 Å². The number of rotatable bonds is 6. The number of amides is 1. The lowest BCUT2D eigenvalue weighted by atomic mass is 10.1. The fraction of sp³-hybridized carbons (Fsp3) is 0.700. The molecule has 0 aromatic carbocycles. The highest BCUT2D eigenvalue weighted by Gasteiger charge is 2.18. The Balaban J connectivity index is 3.90. The molecule has 3 N–H and O–H groups in total. The molecule has 0 saturated heterocycles. The first kappa shape index (κ1) is 13.5. The topological polar surface area (TPSA) is 55.1 Å². The van der Waals surface area contributed by atoms with Crippen LogP contribution in [-0.2, 0) is 4.79 Å². The highest BCUT2D eigenvalue weighted by Crippen LogP contribution is 2.19. The standard InChI is InChI=1S/C10H20N2OS/c1-5-6-8(11)9(13)12-7-10(2,3)14-4/h5,8H,1,6-7,11H2,2-4H3,(H,12,13). The zero-order valence-electron chi connectivity index (χ0n) is 9.17. The Bertz CT molecular complexity index is 204. The Morgan fingerprint density at radius 1 is 1.71 bits per heavy atom. The van der Waals surface area contributed by atoms with Crippen LogP contribution in [-0.4, -0.2) is 29.5 Å². The summed E-state index contributed by atoms with van der Waals surface area (Å²) in [7, 11) is 0. The van der Waals surface area contributed by atoms with Crippen molar-refractivity contribution in [1.29, 1.82) is 0 Å². The molecule has 0 saturated carbocycles. The molecular formula is C10H20N2OS. The van der Waals surface area contributed by atoms with E-state index in [2.05, 4.69) is 25.7 Å². The van der Waals surface area contributed by atoms with Crippen LogP contribution in [0.1, 0.15) is 20.3 Å². The summed E-state index contributed by atoms with van der Waals surface area (Å²) in [6, 6.07) is -0.467. The number of nitrogens with one attached hydrogen (secondary N) is 1. The van der Waals surface area contributed by atoms with Gasteiger partial charge in [-0.3, -0.25) is 4.79 Å². The van der Waals surface area contributed by atoms with Crippen molar-refractivity contribution >= 4 is 17.7 Å². The summed E-state index contributed by atoms with van der Waals surface area (Å²) in [6.07, 6.45) is 4.20. The maximum absolute atomic E-state index is 11.4. The van der Waals surface area contributed by atoms with Gasteiger partial charge >= 0.3 is 0 Å². The van der Waals surface area contributed by atoms with Gasteiger partial charge in [0, 0.05) is 11.3 Å². The van der Waals surface area contributed by atoms with Gasteiger partial charge in [-0.2, -0.15) is 11.8 Å². The SMILES string of the molecule is C=CCC(N)C(=O)NCC(C)(C)SC. The minimum Gasteiger partial charge on any atom is -0.353 e. The normalized spacial score (nSPS) is 13.4. The van der Waals surface area contributed by atoms with Crippen molar-refractivity contribution in [3.8, 4) is 0 Å². The van der Waals surface area contributed by atoms with E-state index in [4.69, 9.17) is 5.73 Å². The number of thioether (sulfide) groups is 1. The molecule has 0 aromatic rings. The van der Waals surface area contributed by atoms with Gasteiger partial charge in [0.2, 0.25) is 5.91 Å². The van der Waals surface area contributed by atoms with E-state index < -0.39 is 6.04 Å². The molecule has 0 aliphatic rings. The molecule has 1 unspecified atom stereocenters. The second kappa shape index (κ2) is 6.09. The molecule has 0 spiro atoms. The zero-order valence-corrected chi connectivity index (χ0v) is 9.99. The third-order valence-electron chi connectivity index (χ3n) is 2.00. The summed E-state index contributed by atoms with van der Waals surface area (Å²) in [6.45, 7) is 8.34. The number of hydrogen-bond acceptors (Lipinski definition) is 3. The number of carbonyl (C=O) groups excluding carboxylic acids is 1. The fourth-order valence-corrected chi connectivity index (χ4v) is 1.01. The monoisotopic (exact) mass is 216 g/mol. The minimum atomic E-state index is -0.467. The van der Waals surface area contributed by atoms with Crippen molar-refractivity contribution in [2.24, 2.45) is 5.73 Å². The Morgan fingerprint density at radius 2 is 2.29 bits per heavy atom. The molecule has 3 nitrogen and oxygen atoms in total. The zero-order chi connectivity index (χ0) is 11.2. The van der Waals surface area contributed by atoms with E-state index in [1.54, 1.807) is 17.8 Å². The summed E-state index contributed by atoms with van der Waals surface area (Å²) in [4.78, 5) is 11.4. The van der Waals surface area contributed by atoms with E-state index in [1.165, 1.54) is 0 Å². The molecule has 0 bridgehead atoms. The first-order valence-corrected chi connectivity index (χ1v) is 5.85. The van der Waals surface area contributed by atoms with Gasteiger partial charge in [-0.15, -0.1) is 6.58 Å². The predicted molar refractivity (Wildman–Crippen MR) is 63.4 cm³/mol. The predicted octanol–water partition coefficient (Wildman–Crippen LogP) is 1.15. The van der Waals surface area contributed by atoms with E-state index in [1.807, 2.05) is 6.26 Å². The number of carbonyl (C=O) groups is 1. The van der Waals surface area contributed by atoms with Crippen LogP contribution in [0.4, 0.5) is 0 Å². The molecule has 14 heavy (non-hydrogen) atoms. The highest BCUT2D eigenvalue weighted by atomic mass is 32.2. The maximum atomic E-state index is 11.4. The molecule has 0 rings (SSSR count). The molecule has 1 atom stereocenters. The largest absolute Gasteiger partial charge is 0.353 e. The lowest BCUT2D eigenvalue weighted by Crippen LogP contribution is -2.44. The smallest absolute Gasteiger partial charge is 0.237 e. The first-order chi connectivity index (χ1) is 6.43. The second-order valence-corrected chi connectivity index (χ2v) is 5.33. The minimum absolute atomic E-state index is 0.0591. The van der Waals surface area contributed by atoms with E-state index in [0.717, 1.165) is 0 Å². The summed E-state index contributed by atoms with van der Waals surface area (Å²) in [5, 5.41) is 2.83. The Morgan fingerprint density at radius 3 is 2.71 bits per heavy atom. The van der Waals surface area contributed by atoms with Crippen LogP contribution in [0.15, 0.2) is 12.7 Å². The van der Waals surface area contributed by atoms with E-state index in [-0.39, 0.29) is 10.7 Å². The summed E-state index contributed by atoms with van der Waals surface area (Å²) in [5.41, 5.74) is 5.61. The van der Waals surface area contributed by atoms with Gasteiger partial charge in [-0.25, -0.2) is 0 Å². The average Bonchev–Trinajstić information content (AvgIpc) is 2.15. The van der Waals surface area contributed by atoms with Crippen molar-refractivity contribution in [2.45, 2.75) is 31.1 Å². The average molecular weight is 216 g/mol. The summed E-state index contributed by atoms with van der Waals surface area (Å²) >= 11 is 1.72. The second-order valence-electron chi connectivity index (χ2n) is 3.81. The van der Waals surface area contributed by atoms with Crippen LogP contribution in [0, 0.1) is 0 Å². The summed E-state index contributed by atoms with van der Waals surface area (Å²) in [5.74, 6) is -0.105. The molecule has 1 amide bonds. The molecule has 0 heterocycles. The van der Waals surface area contributed by atoms with E-state index >= 15 is 0 Å². The number of nitrogens with two attached hydrogens (primary N) is 1. The quantitative estimate of drug-likeness (QED) is 0.655. The molecule has 0 fully saturated rings. The van der Waals surface area contributed by atoms with Crippen molar-refractivity contribution < 1.29 is 4.79 Å². The maximum Gasteiger partial charge on any atom is 0.237 e. The van der Waals surface area contributed by atoms with Gasteiger partial charge in [0.05, 0.1) is 6.04 Å². The molecule has 0 aliphatic heterocycles. The van der Waals surface area contributed by atoms with Crippen molar-refractivity contribution in [3.63, 3.8) is 0 Å². The lowest BCUT2D eigenvalue weighted by Gasteiger charge is -2.23. The molecular weight excluding hydrogens is 196 g/mol. The summed E-state index contributed by atoms with van der Waals surface area (Å²) < 4.78 is 0.0591. The Kier molecular flexibility index (Phi) is 5.88. The van der Waals surface area contributed by atoms with Crippen molar-refractivity contribution in [1.82, 2.24) is 5.32 Å². The van der Waals surface area contributed by atoms with Crippen LogP contribution in [0.5, 0.6) is 0 Å². The van der Waals surface area contributed by atoms with Gasteiger partial charge in [-0.1, -0.05) is 6.08 Å². The third-order valence-corrected chi connectivity index (χ3v) is 3.25. The van der Waals surface area contributed by atoms with Gasteiger partial charge in [-0.05, 0) is 26.5 Å². The molecule has 0 aromatic heterocycles. The van der Waals surface area contributed by atoms with Crippen LogP contribution in [0.25, 0.3) is 0 Å².